The standard InChI is InChI=1S/C12H18N6OS/c1-4-6-18-11(19)16-17-12(18)20-10-8(5-2)9(13-3)14-7-15-10/h7H,4-6H2,1-3H3,(H,16,19)(H,13,14,15). The number of rotatable bonds is 6. The molecule has 0 radical (unpaired) electrons. The third-order valence-electron chi connectivity index (χ3n) is 2.85. The molecule has 2 N–H and O–H groups in total. The maximum Gasteiger partial charge on any atom is 0.343 e. The molecule has 0 fully saturated rings. The molecule has 0 aromatic carbocycles. The Hall–Kier alpha value is -1.83. The molecule has 0 saturated carbocycles. The monoisotopic (exact) mass is 294 g/mol. The number of anilines is 1. The zero-order valence-electron chi connectivity index (χ0n) is 11.8. The van der Waals surface area contributed by atoms with Gasteiger partial charge in [-0.3, -0.25) is 4.57 Å². The van der Waals surface area contributed by atoms with Crippen molar-refractivity contribution >= 4 is 17.6 Å². The maximum atomic E-state index is 11.7. The molecule has 0 saturated heterocycles. The van der Waals surface area contributed by atoms with Gasteiger partial charge in [0.05, 0.1) is 0 Å². The highest BCUT2D eigenvalue weighted by atomic mass is 32.2. The maximum absolute atomic E-state index is 11.7. The van der Waals surface area contributed by atoms with Gasteiger partial charge in [-0.1, -0.05) is 13.8 Å². The minimum Gasteiger partial charge on any atom is -0.373 e. The molecule has 8 heteroatoms. The molecule has 0 aliphatic heterocycles. The molecule has 0 unspecified atom stereocenters. The minimum absolute atomic E-state index is 0.185. The van der Waals surface area contributed by atoms with Crippen LogP contribution in [-0.4, -0.2) is 31.8 Å². The Kier molecular flexibility index (Phi) is 4.78. The van der Waals surface area contributed by atoms with E-state index in [1.54, 1.807) is 4.57 Å². The molecule has 2 aromatic heterocycles. The fourth-order valence-corrected chi connectivity index (χ4v) is 2.92. The van der Waals surface area contributed by atoms with E-state index >= 15 is 0 Å². The van der Waals surface area contributed by atoms with Gasteiger partial charge in [0.15, 0.2) is 5.16 Å². The number of nitrogens with zero attached hydrogens (tertiary/aromatic N) is 4. The van der Waals surface area contributed by atoms with Crippen molar-refractivity contribution in [1.29, 1.82) is 0 Å². The molecule has 2 heterocycles. The second-order valence-corrected chi connectivity index (χ2v) is 5.13. The van der Waals surface area contributed by atoms with Gasteiger partial charge in [-0.25, -0.2) is 19.9 Å². The van der Waals surface area contributed by atoms with E-state index < -0.39 is 0 Å². The highest BCUT2D eigenvalue weighted by molar-refractivity contribution is 7.99. The van der Waals surface area contributed by atoms with Crippen LogP contribution in [0.2, 0.25) is 0 Å². The van der Waals surface area contributed by atoms with Gasteiger partial charge in [-0.05, 0) is 24.6 Å². The fraction of sp³-hybridized carbons (Fsp3) is 0.500. The van der Waals surface area contributed by atoms with Gasteiger partial charge in [-0.15, -0.1) is 5.10 Å². The van der Waals surface area contributed by atoms with Gasteiger partial charge in [-0.2, -0.15) is 0 Å². The zero-order chi connectivity index (χ0) is 14.5. The Morgan fingerprint density at radius 1 is 1.40 bits per heavy atom. The molecule has 0 amide bonds. The van der Waals surface area contributed by atoms with Crippen LogP contribution < -0.4 is 11.0 Å². The van der Waals surface area contributed by atoms with Crippen LogP contribution in [0.25, 0.3) is 0 Å². The number of hydrogen-bond donors (Lipinski definition) is 2. The lowest BCUT2D eigenvalue weighted by Crippen LogP contribution is -2.17. The van der Waals surface area contributed by atoms with Gasteiger partial charge in [0, 0.05) is 19.2 Å². The summed E-state index contributed by atoms with van der Waals surface area (Å²) in [5, 5.41) is 11.1. The highest BCUT2D eigenvalue weighted by Crippen LogP contribution is 2.29. The Bertz CT molecular complexity index is 635. The average molecular weight is 294 g/mol. The molecule has 0 aliphatic rings. The summed E-state index contributed by atoms with van der Waals surface area (Å²) in [6.45, 7) is 4.71. The van der Waals surface area contributed by atoms with E-state index in [4.69, 9.17) is 0 Å². The van der Waals surface area contributed by atoms with Gasteiger partial charge < -0.3 is 5.32 Å². The average Bonchev–Trinajstić information content (AvgIpc) is 2.80. The Morgan fingerprint density at radius 3 is 2.85 bits per heavy atom. The van der Waals surface area contributed by atoms with E-state index in [9.17, 15) is 4.79 Å². The number of aromatic amines is 1. The van der Waals surface area contributed by atoms with Gasteiger partial charge in [0.25, 0.3) is 0 Å². The SMILES string of the molecule is CCCn1c(Sc2ncnc(NC)c2CC)n[nH]c1=O. The van der Waals surface area contributed by atoms with Crippen molar-refractivity contribution in [2.75, 3.05) is 12.4 Å². The molecule has 0 spiro atoms. The van der Waals surface area contributed by atoms with Crippen LogP contribution in [-0.2, 0) is 13.0 Å². The van der Waals surface area contributed by atoms with Crippen molar-refractivity contribution in [3.63, 3.8) is 0 Å². The topological polar surface area (TPSA) is 88.5 Å². The van der Waals surface area contributed by atoms with Crippen LogP contribution in [0.1, 0.15) is 25.8 Å². The van der Waals surface area contributed by atoms with E-state index in [1.165, 1.54) is 18.1 Å². The van der Waals surface area contributed by atoms with Gasteiger partial charge in [0.2, 0.25) is 0 Å². The first-order chi connectivity index (χ1) is 9.71. The largest absolute Gasteiger partial charge is 0.373 e. The third kappa shape index (κ3) is 2.84. The molecule has 0 aliphatic carbocycles. The van der Waals surface area contributed by atoms with Crippen molar-refractivity contribution in [2.24, 2.45) is 0 Å². The summed E-state index contributed by atoms with van der Waals surface area (Å²) < 4.78 is 1.63. The normalized spacial score (nSPS) is 10.8. The van der Waals surface area contributed by atoms with Crippen molar-refractivity contribution in [1.82, 2.24) is 24.7 Å². The van der Waals surface area contributed by atoms with E-state index in [0.29, 0.717) is 11.7 Å². The van der Waals surface area contributed by atoms with Gasteiger partial charge >= 0.3 is 5.69 Å². The van der Waals surface area contributed by atoms with E-state index in [2.05, 4.69) is 25.5 Å². The fourth-order valence-electron chi connectivity index (χ4n) is 1.91. The molecule has 20 heavy (non-hydrogen) atoms. The quantitative estimate of drug-likeness (QED) is 0.785. The van der Waals surface area contributed by atoms with Crippen LogP contribution in [0.4, 0.5) is 5.82 Å². The molecule has 108 valence electrons. The predicted octanol–water partition coefficient (Wildman–Crippen LogP) is 1.53. The number of H-pyrrole nitrogens is 1. The number of aromatic nitrogens is 5. The predicted molar refractivity (Wildman–Crippen MR) is 78.2 cm³/mol. The first-order valence-electron chi connectivity index (χ1n) is 6.55. The minimum atomic E-state index is -0.185. The Morgan fingerprint density at radius 2 is 2.20 bits per heavy atom. The van der Waals surface area contributed by atoms with Crippen LogP contribution in [0.5, 0.6) is 0 Å². The molecule has 7 nitrogen and oxygen atoms in total. The Balaban J connectivity index is 2.37. The van der Waals surface area contributed by atoms with Crippen LogP contribution in [0, 0.1) is 0 Å². The molecule has 2 aromatic rings. The van der Waals surface area contributed by atoms with Crippen molar-refractivity contribution < 1.29 is 0 Å². The first-order valence-corrected chi connectivity index (χ1v) is 7.37. The van der Waals surface area contributed by atoms with Crippen LogP contribution >= 0.6 is 11.8 Å². The second kappa shape index (κ2) is 6.56. The van der Waals surface area contributed by atoms with Gasteiger partial charge in [0.1, 0.15) is 17.2 Å². The second-order valence-electron chi connectivity index (χ2n) is 4.17. The lowest BCUT2D eigenvalue weighted by Gasteiger charge is -2.10. The van der Waals surface area contributed by atoms with Crippen molar-refractivity contribution in [2.45, 2.75) is 43.4 Å². The molecule has 0 atom stereocenters. The smallest absolute Gasteiger partial charge is 0.343 e. The van der Waals surface area contributed by atoms with E-state index in [0.717, 1.165) is 29.2 Å². The van der Waals surface area contributed by atoms with Crippen LogP contribution in [0.15, 0.2) is 21.3 Å². The summed E-state index contributed by atoms with van der Waals surface area (Å²) in [6.07, 6.45) is 3.20. The van der Waals surface area contributed by atoms with Crippen molar-refractivity contribution in [3.8, 4) is 0 Å². The zero-order valence-corrected chi connectivity index (χ0v) is 12.6. The molecular weight excluding hydrogens is 276 g/mol. The summed E-state index contributed by atoms with van der Waals surface area (Å²) in [5.41, 5.74) is 0.841. The summed E-state index contributed by atoms with van der Waals surface area (Å²) in [6, 6.07) is 0. The van der Waals surface area contributed by atoms with E-state index in [-0.39, 0.29) is 5.69 Å². The molecular formula is C12H18N6OS. The lowest BCUT2D eigenvalue weighted by molar-refractivity contribution is 0.603. The summed E-state index contributed by atoms with van der Waals surface area (Å²) >= 11 is 1.39. The number of nitrogens with one attached hydrogen (secondary N) is 2. The Labute approximate surface area is 121 Å². The van der Waals surface area contributed by atoms with Crippen molar-refractivity contribution in [3.05, 3.63) is 22.4 Å². The highest BCUT2D eigenvalue weighted by Gasteiger charge is 2.15. The molecule has 2 rings (SSSR count). The molecule has 0 bridgehead atoms. The first kappa shape index (κ1) is 14.6. The number of hydrogen-bond acceptors (Lipinski definition) is 6. The third-order valence-corrected chi connectivity index (χ3v) is 3.89. The lowest BCUT2D eigenvalue weighted by atomic mass is 10.2. The summed E-state index contributed by atoms with van der Waals surface area (Å²) in [4.78, 5) is 20.2. The van der Waals surface area contributed by atoms with E-state index in [1.807, 2.05) is 20.9 Å². The summed E-state index contributed by atoms with van der Waals surface area (Å²) in [5.74, 6) is 0.810. The summed E-state index contributed by atoms with van der Waals surface area (Å²) in [7, 11) is 1.83. The van der Waals surface area contributed by atoms with Crippen LogP contribution in [0.3, 0.4) is 0 Å².